The molecule has 194 valence electrons. The lowest BCUT2D eigenvalue weighted by atomic mass is 9.76. The zero-order valence-corrected chi connectivity index (χ0v) is 22.1. The Labute approximate surface area is 224 Å². The van der Waals surface area contributed by atoms with Crippen molar-refractivity contribution < 1.29 is 14.7 Å². The number of rotatable bonds is 10. The van der Waals surface area contributed by atoms with Gasteiger partial charge in [0.2, 0.25) is 0 Å². The van der Waals surface area contributed by atoms with Crippen LogP contribution in [-0.4, -0.2) is 47.6 Å². The SMILES string of the molecule is CC(CCCN1CCC(NC(=O)c2cc(Cl)ccc2-c2ccccc2)CC1)(CC(=O)O)c1ccccc1. The van der Waals surface area contributed by atoms with E-state index in [0.29, 0.717) is 10.6 Å². The van der Waals surface area contributed by atoms with Crippen LogP contribution < -0.4 is 5.32 Å². The number of halogens is 1. The van der Waals surface area contributed by atoms with Crippen molar-refractivity contribution in [3.05, 3.63) is 95.0 Å². The van der Waals surface area contributed by atoms with Crippen LogP contribution in [0.3, 0.4) is 0 Å². The molecule has 5 nitrogen and oxygen atoms in total. The maximum atomic E-state index is 13.2. The fourth-order valence-corrected chi connectivity index (χ4v) is 5.51. The number of nitrogens with zero attached hydrogens (tertiary/aromatic N) is 1. The molecule has 0 radical (unpaired) electrons. The first-order valence-electron chi connectivity index (χ1n) is 13.0. The minimum absolute atomic E-state index is 0.0906. The first-order valence-corrected chi connectivity index (χ1v) is 13.4. The summed E-state index contributed by atoms with van der Waals surface area (Å²) >= 11 is 6.24. The summed E-state index contributed by atoms with van der Waals surface area (Å²) in [5, 5.41) is 13.3. The van der Waals surface area contributed by atoms with Crippen molar-refractivity contribution in [2.75, 3.05) is 19.6 Å². The molecule has 1 atom stereocenters. The van der Waals surface area contributed by atoms with Crippen LogP contribution in [0.5, 0.6) is 0 Å². The van der Waals surface area contributed by atoms with Gasteiger partial charge in [-0.25, -0.2) is 0 Å². The first kappa shape index (κ1) is 26.9. The van der Waals surface area contributed by atoms with Gasteiger partial charge >= 0.3 is 5.97 Å². The Kier molecular flexibility index (Phi) is 9.01. The monoisotopic (exact) mass is 518 g/mol. The zero-order chi connectivity index (χ0) is 26.3. The van der Waals surface area contributed by atoms with Crippen LogP contribution in [0.1, 0.15) is 54.9 Å². The number of hydrogen-bond acceptors (Lipinski definition) is 3. The Morgan fingerprint density at radius 1 is 1.00 bits per heavy atom. The minimum Gasteiger partial charge on any atom is -0.481 e. The number of carboxylic acids is 1. The molecule has 1 heterocycles. The van der Waals surface area contributed by atoms with Gasteiger partial charge in [0.15, 0.2) is 0 Å². The van der Waals surface area contributed by atoms with E-state index in [1.54, 1.807) is 6.07 Å². The molecule has 1 saturated heterocycles. The highest BCUT2D eigenvalue weighted by molar-refractivity contribution is 6.31. The molecule has 1 aliphatic heterocycles. The Bertz CT molecular complexity index is 1190. The van der Waals surface area contributed by atoms with Crippen molar-refractivity contribution >= 4 is 23.5 Å². The molecule has 0 spiro atoms. The lowest BCUT2D eigenvalue weighted by Crippen LogP contribution is -2.45. The second-order valence-electron chi connectivity index (χ2n) is 10.2. The Balaban J connectivity index is 1.30. The molecule has 4 rings (SSSR count). The number of benzene rings is 3. The predicted octanol–water partition coefficient (Wildman–Crippen LogP) is 6.41. The maximum absolute atomic E-state index is 13.2. The number of piperidine rings is 1. The van der Waals surface area contributed by atoms with Gasteiger partial charge in [0.05, 0.1) is 6.42 Å². The quantitative estimate of drug-likeness (QED) is 0.325. The molecule has 6 heteroatoms. The van der Waals surface area contributed by atoms with E-state index in [0.717, 1.165) is 62.0 Å². The van der Waals surface area contributed by atoms with Crippen molar-refractivity contribution in [1.82, 2.24) is 10.2 Å². The number of carbonyl (C=O) groups excluding carboxylic acids is 1. The van der Waals surface area contributed by atoms with Gasteiger partial charge < -0.3 is 15.3 Å². The average Bonchev–Trinajstić information content (AvgIpc) is 2.90. The van der Waals surface area contributed by atoms with Crippen LogP contribution in [0, 0.1) is 0 Å². The van der Waals surface area contributed by atoms with E-state index < -0.39 is 5.97 Å². The normalized spacial score (nSPS) is 16.2. The third-order valence-corrected chi connectivity index (χ3v) is 7.68. The Morgan fingerprint density at radius 2 is 1.65 bits per heavy atom. The number of amides is 1. The van der Waals surface area contributed by atoms with Crippen molar-refractivity contribution in [2.45, 2.75) is 50.5 Å². The van der Waals surface area contributed by atoms with Gasteiger partial charge in [-0.05, 0) is 61.1 Å². The number of carbonyl (C=O) groups is 2. The van der Waals surface area contributed by atoms with E-state index in [2.05, 4.69) is 17.1 Å². The number of likely N-dealkylation sites (tertiary alicyclic amines) is 1. The van der Waals surface area contributed by atoms with Gasteiger partial charge in [-0.3, -0.25) is 9.59 Å². The largest absolute Gasteiger partial charge is 0.481 e. The highest BCUT2D eigenvalue weighted by Crippen LogP contribution is 2.33. The Hall–Kier alpha value is -3.15. The van der Waals surface area contributed by atoms with Gasteiger partial charge in [0.25, 0.3) is 5.91 Å². The molecule has 3 aromatic rings. The second kappa shape index (κ2) is 12.4. The number of hydrogen-bond donors (Lipinski definition) is 2. The van der Waals surface area contributed by atoms with Crippen molar-refractivity contribution in [1.29, 1.82) is 0 Å². The standard InChI is InChI=1S/C31H35ClN2O3/c1-31(22-29(35)36,24-11-6-3-7-12-24)17-8-18-34-19-15-26(16-20-34)33-30(37)28-21-25(32)13-14-27(28)23-9-4-2-5-10-23/h2-7,9-14,21,26H,8,15-20,22H2,1H3,(H,33,37)(H,35,36). The fraction of sp³-hybridized carbons (Fsp3) is 0.355. The molecule has 0 bridgehead atoms. The molecule has 1 amide bonds. The van der Waals surface area contributed by atoms with Crippen LogP contribution in [-0.2, 0) is 10.2 Å². The molecule has 37 heavy (non-hydrogen) atoms. The third kappa shape index (κ3) is 7.21. The summed E-state index contributed by atoms with van der Waals surface area (Å²) in [6, 6.07) is 25.4. The molecule has 1 aliphatic rings. The van der Waals surface area contributed by atoms with E-state index in [1.165, 1.54) is 0 Å². The topological polar surface area (TPSA) is 69.6 Å². The smallest absolute Gasteiger partial charge is 0.304 e. The van der Waals surface area contributed by atoms with Gasteiger partial charge in [-0.2, -0.15) is 0 Å². The lowest BCUT2D eigenvalue weighted by Gasteiger charge is -2.34. The highest BCUT2D eigenvalue weighted by Gasteiger charge is 2.30. The number of nitrogens with one attached hydrogen (secondary N) is 1. The molecular formula is C31H35ClN2O3. The van der Waals surface area contributed by atoms with Crippen LogP contribution in [0.4, 0.5) is 0 Å². The molecular weight excluding hydrogens is 484 g/mol. The van der Waals surface area contributed by atoms with Crippen molar-refractivity contribution in [2.24, 2.45) is 0 Å². The van der Waals surface area contributed by atoms with Gasteiger partial charge in [-0.15, -0.1) is 0 Å². The third-order valence-electron chi connectivity index (χ3n) is 7.45. The summed E-state index contributed by atoms with van der Waals surface area (Å²) in [4.78, 5) is 27.2. The average molecular weight is 519 g/mol. The number of carboxylic acid groups (broad SMARTS) is 1. The lowest BCUT2D eigenvalue weighted by molar-refractivity contribution is -0.138. The van der Waals surface area contributed by atoms with E-state index in [-0.39, 0.29) is 23.8 Å². The molecule has 0 saturated carbocycles. The second-order valence-corrected chi connectivity index (χ2v) is 10.7. The van der Waals surface area contributed by atoms with Crippen LogP contribution in [0.15, 0.2) is 78.9 Å². The summed E-state index contributed by atoms with van der Waals surface area (Å²) in [6.07, 6.45) is 3.64. The van der Waals surface area contributed by atoms with E-state index >= 15 is 0 Å². The van der Waals surface area contributed by atoms with Crippen molar-refractivity contribution in [3.8, 4) is 11.1 Å². The molecule has 1 unspecified atom stereocenters. The Morgan fingerprint density at radius 3 is 2.30 bits per heavy atom. The highest BCUT2D eigenvalue weighted by atomic mass is 35.5. The van der Waals surface area contributed by atoms with Gasteiger partial charge in [0, 0.05) is 35.1 Å². The predicted molar refractivity (Wildman–Crippen MR) is 149 cm³/mol. The summed E-state index contributed by atoms with van der Waals surface area (Å²) < 4.78 is 0. The molecule has 1 fully saturated rings. The van der Waals surface area contributed by atoms with Crippen LogP contribution >= 0.6 is 11.6 Å². The fourth-order valence-electron chi connectivity index (χ4n) is 5.34. The minimum atomic E-state index is -0.766. The van der Waals surface area contributed by atoms with Gasteiger partial charge in [-0.1, -0.05) is 85.3 Å². The van der Waals surface area contributed by atoms with Crippen LogP contribution in [0.25, 0.3) is 11.1 Å². The molecule has 2 N–H and O–H groups in total. The summed E-state index contributed by atoms with van der Waals surface area (Å²) in [6.45, 7) is 4.80. The number of aliphatic carboxylic acids is 1. The zero-order valence-electron chi connectivity index (χ0n) is 21.3. The summed E-state index contributed by atoms with van der Waals surface area (Å²) in [5.74, 6) is -0.856. The summed E-state index contributed by atoms with van der Waals surface area (Å²) in [5.41, 5.74) is 3.16. The van der Waals surface area contributed by atoms with E-state index in [9.17, 15) is 14.7 Å². The van der Waals surface area contributed by atoms with Gasteiger partial charge in [0.1, 0.15) is 0 Å². The van der Waals surface area contributed by atoms with E-state index in [1.807, 2.05) is 72.8 Å². The van der Waals surface area contributed by atoms with Crippen molar-refractivity contribution in [3.63, 3.8) is 0 Å². The molecule has 3 aromatic carbocycles. The molecule has 0 aromatic heterocycles. The first-order chi connectivity index (χ1) is 17.8. The maximum Gasteiger partial charge on any atom is 0.304 e. The van der Waals surface area contributed by atoms with Crippen LogP contribution in [0.2, 0.25) is 5.02 Å². The van der Waals surface area contributed by atoms with E-state index in [4.69, 9.17) is 11.6 Å². The summed E-state index contributed by atoms with van der Waals surface area (Å²) in [7, 11) is 0. The molecule has 0 aliphatic carbocycles.